The predicted octanol–water partition coefficient (Wildman–Crippen LogP) is 4.52. The Morgan fingerprint density at radius 2 is 1.53 bits per heavy atom. The molecule has 0 saturated carbocycles. The Hall–Kier alpha value is -3.07. The van der Waals surface area contributed by atoms with Crippen molar-refractivity contribution >= 4 is 44.0 Å². The van der Waals surface area contributed by atoms with Crippen molar-refractivity contribution < 1.29 is 13.0 Å². The number of hydrogen-bond acceptors (Lipinski definition) is 6. The Morgan fingerprint density at radius 3 is 2.17 bits per heavy atom. The Balaban J connectivity index is 0.000000461. The molecule has 9 heteroatoms. The van der Waals surface area contributed by atoms with Gasteiger partial charge in [0.1, 0.15) is 0 Å². The Kier molecular flexibility index (Phi) is 6.94. The van der Waals surface area contributed by atoms with Crippen LogP contribution in [0.4, 0.5) is 11.5 Å². The van der Waals surface area contributed by atoms with Gasteiger partial charge in [-0.15, -0.1) is 5.10 Å². The van der Waals surface area contributed by atoms with Crippen molar-refractivity contribution in [1.82, 2.24) is 15.2 Å². The van der Waals surface area contributed by atoms with Crippen LogP contribution in [-0.4, -0.2) is 34.4 Å². The van der Waals surface area contributed by atoms with E-state index >= 15 is 0 Å². The van der Waals surface area contributed by atoms with Crippen molar-refractivity contribution in [3.63, 3.8) is 0 Å². The lowest BCUT2D eigenvalue weighted by Crippen LogP contribution is -2.02. The highest BCUT2D eigenvalue weighted by Gasteiger charge is 2.10. The molecular formula is C21H19ClN4O3S. The average Bonchev–Trinajstić information content (AvgIpc) is 2.71. The zero-order chi connectivity index (χ0) is 21.6. The third-order valence-electron chi connectivity index (χ3n) is 3.99. The van der Waals surface area contributed by atoms with Crippen LogP contribution in [-0.2, 0) is 16.5 Å². The van der Waals surface area contributed by atoms with Crippen LogP contribution in [0.25, 0.3) is 10.8 Å². The van der Waals surface area contributed by atoms with Crippen molar-refractivity contribution in [2.24, 2.45) is 0 Å². The van der Waals surface area contributed by atoms with Gasteiger partial charge in [-0.1, -0.05) is 35.9 Å². The minimum atomic E-state index is -3.67. The van der Waals surface area contributed by atoms with Gasteiger partial charge in [0.05, 0.1) is 11.9 Å². The summed E-state index contributed by atoms with van der Waals surface area (Å²) in [6.07, 6.45) is 5.02. The summed E-state index contributed by atoms with van der Waals surface area (Å²) in [6.45, 7) is 0. The van der Waals surface area contributed by atoms with Gasteiger partial charge in [-0.05, 0) is 42.0 Å². The van der Waals surface area contributed by atoms with Gasteiger partial charge >= 0.3 is 0 Å². The molecule has 2 aromatic carbocycles. The van der Waals surface area contributed by atoms with Crippen LogP contribution in [0, 0.1) is 0 Å². The minimum Gasteiger partial charge on any atom is -0.338 e. The second-order valence-corrected chi connectivity index (χ2v) is 8.34. The van der Waals surface area contributed by atoms with E-state index in [0.29, 0.717) is 11.3 Å². The molecule has 0 bridgehead atoms. The molecule has 30 heavy (non-hydrogen) atoms. The van der Waals surface area contributed by atoms with E-state index in [-0.39, 0.29) is 0 Å². The molecule has 0 amide bonds. The van der Waals surface area contributed by atoms with Crippen molar-refractivity contribution in [3.8, 4) is 0 Å². The number of pyridine rings is 1. The van der Waals surface area contributed by atoms with E-state index in [0.717, 1.165) is 40.0 Å². The number of nitrogens with one attached hydrogen (secondary N) is 1. The molecule has 0 aliphatic heterocycles. The molecule has 154 valence electrons. The molecule has 0 radical (unpaired) electrons. The van der Waals surface area contributed by atoms with Gasteiger partial charge in [0, 0.05) is 40.3 Å². The number of halogens is 1. The number of aromatic nitrogens is 3. The van der Waals surface area contributed by atoms with Crippen molar-refractivity contribution in [1.29, 1.82) is 0 Å². The van der Waals surface area contributed by atoms with E-state index in [1.807, 2.05) is 48.5 Å². The summed E-state index contributed by atoms with van der Waals surface area (Å²) >= 11 is 5.95. The SMILES string of the molecule is CS(=O)(=O)O.Clc1ccc(Nc2nnc(Cc3ccncc3)c3ccccc23)cc1. The fraction of sp³-hybridized carbons (Fsp3) is 0.0952. The van der Waals surface area contributed by atoms with Crippen LogP contribution < -0.4 is 5.32 Å². The first-order valence-electron chi connectivity index (χ1n) is 8.88. The lowest BCUT2D eigenvalue weighted by atomic mass is 10.0. The molecule has 0 aliphatic carbocycles. The standard InChI is InChI=1S/C20H15ClN4.CH4O3S/c21-15-5-7-16(8-6-15)23-20-18-4-2-1-3-17(18)19(24-25-20)13-14-9-11-22-12-10-14;1-5(2,3)4/h1-12H,13H2,(H,23,25);1H3,(H,2,3,4). The van der Waals surface area contributed by atoms with Crippen LogP contribution in [0.5, 0.6) is 0 Å². The van der Waals surface area contributed by atoms with Gasteiger partial charge < -0.3 is 5.32 Å². The highest BCUT2D eigenvalue weighted by molar-refractivity contribution is 7.85. The molecule has 0 saturated heterocycles. The van der Waals surface area contributed by atoms with E-state index < -0.39 is 10.1 Å². The topological polar surface area (TPSA) is 105 Å². The first kappa shape index (κ1) is 21.6. The van der Waals surface area contributed by atoms with Crippen molar-refractivity contribution in [3.05, 3.63) is 89.3 Å². The van der Waals surface area contributed by atoms with E-state index in [2.05, 4.69) is 32.6 Å². The van der Waals surface area contributed by atoms with E-state index in [1.165, 1.54) is 0 Å². The van der Waals surface area contributed by atoms with E-state index in [9.17, 15) is 8.42 Å². The molecule has 0 spiro atoms. The van der Waals surface area contributed by atoms with Crippen LogP contribution in [0.1, 0.15) is 11.3 Å². The molecular weight excluding hydrogens is 424 g/mol. The second-order valence-electron chi connectivity index (χ2n) is 6.44. The number of nitrogens with zero attached hydrogens (tertiary/aromatic N) is 3. The molecule has 0 unspecified atom stereocenters. The van der Waals surface area contributed by atoms with Gasteiger partial charge in [0.2, 0.25) is 0 Å². The highest BCUT2D eigenvalue weighted by Crippen LogP contribution is 2.27. The normalized spacial score (nSPS) is 10.9. The third kappa shape index (κ3) is 6.48. The summed E-state index contributed by atoms with van der Waals surface area (Å²) in [5.41, 5.74) is 3.03. The monoisotopic (exact) mass is 442 g/mol. The summed E-state index contributed by atoms with van der Waals surface area (Å²) < 4.78 is 25.9. The predicted molar refractivity (Wildman–Crippen MR) is 119 cm³/mol. The molecule has 0 atom stereocenters. The Bertz CT molecular complexity index is 1230. The maximum absolute atomic E-state index is 9.19. The second kappa shape index (κ2) is 9.62. The zero-order valence-corrected chi connectivity index (χ0v) is 17.6. The molecule has 7 nitrogen and oxygen atoms in total. The third-order valence-corrected chi connectivity index (χ3v) is 4.24. The van der Waals surface area contributed by atoms with Crippen molar-refractivity contribution in [2.45, 2.75) is 6.42 Å². The number of anilines is 2. The molecule has 2 heterocycles. The Morgan fingerprint density at radius 1 is 0.933 bits per heavy atom. The molecule has 0 fully saturated rings. The summed E-state index contributed by atoms with van der Waals surface area (Å²) in [4.78, 5) is 4.06. The smallest absolute Gasteiger partial charge is 0.261 e. The number of fused-ring (bicyclic) bond motifs is 1. The van der Waals surface area contributed by atoms with Crippen LogP contribution in [0.15, 0.2) is 73.1 Å². The van der Waals surface area contributed by atoms with Gasteiger partial charge in [-0.2, -0.15) is 13.5 Å². The maximum atomic E-state index is 9.19. The number of hydrogen-bond donors (Lipinski definition) is 2. The summed E-state index contributed by atoms with van der Waals surface area (Å²) in [7, 11) is -3.67. The fourth-order valence-electron chi connectivity index (χ4n) is 2.75. The van der Waals surface area contributed by atoms with Crippen LogP contribution >= 0.6 is 11.6 Å². The molecule has 2 aromatic heterocycles. The van der Waals surface area contributed by atoms with Gasteiger partial charge in [-0.25, -0.2) is 0 Å². The molecule has 4 rings (SSSR count). The number of benzene rings is 2. The summed E-state index contributed by atoms with van der Waals surface area (Å²) in [5, 5.41) is 15.0. The van der Waals surface area contributed by atoms with Crippen LogP contribution in [0.3, 0.4) is 0 Å². The number of rotatable bonds is 4. The van der Waals surface area contributed by atoms with Crippen LogP contribution in [0.2, 0.25) is 5.02 Å². The van der Waals surface area contributed by atoms with Gasteiger partial charge in [-0.3, -0.25) is 9.54 Å². The molecule has 0 aliphatic rings. The Labute approximate surface area is 179 Å². The van der Waals surface area contributed by atoms with E-state index in [1.54, 1.807) is 12.4 Å². The lowest BCUT2D eigenvalue weighted by molar-refractivity contribution is 0.490. The summed E-state index contributed by atoms with van der Waals surface area (Å²) in [5.74, 6) is 0.733. The fourth-order valence-corrected chi connectivity index (χ4v) is 2.87. The average molecular weight is 443 g/mol. The quantitative estimate of drug-likeness (QED) is 0.447. The minimum absolute atomic E-state index is 0.703. The summed E-state index contributed by atoms with van der Waals surface area (Å²) in [6, 6.07) is 19.7. The largest absolute Gasteiger partial charge is 0.338 e. The zero-order valence-electron chi connectivity index (χ0n) is 16.0. The highest BCUT2D eigenvalue weighted by atomic mass is 35.5. The maximum Gasteiger partial charge on any atom is 0.261 e. The molecule has 4 aromatic rings. The lowest BCUT2D eigenvalue weighted by Gasteiger charge is -2.11. The van der Waals surface area contributed by atoms with Gasteiger partial charge in [0.15, 0.2) is 5.82 Å². The first-order chi connectivity index (χ1) is 14.3. The molecule has 2 N–H and O–H groups in total. The first-order valence-corrected chi connectivity index (χ1v) is 11.1. The van der Waals surface area contributed by atoms with E-state index in [4.69, 9.17) is 16.2 Å². The van der Waals surface area contributed by atoms with Crippen molar-refractivity contribution in [2.75, 3.05) is 11.6 Å². The van der Waals surface area contributed by atoms with Gasteiger partial charge in [0.25, 0.3) is 10.1 Å².